The smallest absolute Gasteiger partial charge is 0.238 e. The minimum Gasteiger partial charge on any atom is -0.423 e. The van der Waals surface area contributed by atoms with E-state index in [9.17, 15) is 0 Å². The van der Waals surface area contributed by atoms with Gasteiger partial charge in [0.1, 0.15) is 24.0 Å². The number of hydrogen-bond donors (Lipinski definition) is 2. The number of aryl methyl sites for hydroxylation is 1. The normalized spacial score (nSPS) is 12.5. The average Bonchev–Trinajstić information content (AvgIpc) is 2.75. The van der Waals surface area contributed by atoms with Crippen LogP contribution in [0.4, 0.5) is 11.6 Å². The van der Waals surface area contributed by atoms with Crippen LogP contribution in [-0.4, -0.2) is 26.2 Å². The number of nitrogens with one attached hydrogen (secondary N) is 2. The zero-order valence-corrected chi connectivity index (χ0v) is 11.5. The molecule has 2 aromatic heterocycles. The Bertz CT molecular complexity index is 539. The Morgan fingerprint density at radius 1 is 1.05 bits per heavy atom. The van der Waals surface area contributed by atoms with Gasteiger partial charge in [0, 0.05) is 19.0 Å². The maximum absolute atomic E-state index is 5.37. The molecular weight excluding hydrogens is 244 g/mol. The van der Waals surface area contributed by atoms with Gasteiger partial charge in [0.05, 0.1) is 0 Å². The monoisotopic (exact) mass is 262 g/mol. The summed E-state index contributed by atoms with van der Waals surface area (Å²) in [5, 5.41) is 14.2. The molecular formula is C12H18N6O. The molecule has 0 radical (unpaired) electrons. The predicted octanol–water partition coefficient (Wildman–Crippen LogP) is 2.16. The summed E-state index contributed by atoms with van der Waals surface area (Å²) in [6, 6.07) is 2.06. The molecule has 1 atom stereocenters. The van der Waals surface area contributed by atoms with Gasteiger partial charge < -0.3 is 15.1 Å². The molecule has 0 amide bonds. The topological polar surface area (TPSA) is 88.8 Å². The number of rotatable bonds is 5. The zero-order chi connectivity index (χ0) is 13.8. The Kier molecular flexibility index (Phi) is 3.94. The van der Waals surface area contributed by atoms with Crippen LogP contribution in [0.25, 0.3) is 0 Å². The highest BCUT2D eigenvalue weighted by atomic mass is 16.4. The molecule has 7 nitrogen and oxygen atoms in total. The zero-order valence-electron chi connectivity index (χ0n) is 11.5. The second kappa shape index (κ2) is 5.64. The van der Waals surface area contributed by atoms with Crippen LogP contribution in [0.2, 0.25) is 0 Å². The molecule has 2 rings (SSSR count). The van der Waals surface area contributed by atoms with E-state index in [4.69, 9.17) is 4.42 Å². The lowest BCUT2D eigenvalue weighted by Crippen LogP contribution is -2.13. The second-order valence-electron chi connectivity index (χ2n) is 4.61. The highest BCUT2D eigenvalue weighted by Crippen LogP contribution is 2.17. The summed E-state index contributed by atoms with van der Waals surface area (Å²) in [4.78, 5) is 8.32. The van der Waals surface area contributed by atoms with Crippen molar-refractivity contribution in [3.8, 4) is 0 Å². The van der Waals surface area contributed by atoms with Gasteiger partial charge in [-0.3, -0.25) is 0 Å². The Morgan fingerprint density at radius 2 is 1.74 bits per heavy atom. The van der Waals surface area contributed by atoms with Crippen LogP contribution >= 0.6 is 0 Å². The predicted molar refractivity (Wildman–Crippen MR) is 71.9 cm³/mol. The number of aromatic nitrogens is 4. The van der Waals surface area contributed by atoms with Gasteiger partial charge in [0.25, 0.3) is 0 Å². The molecule has 0 aliphatic heterocycles. The molecule has 0 aliphatic carbocycles. The van der Waals surface area contributed by atoms with Gasteiger partial charge in [0.15, 0.2) is 0 Å². The van der Waals surface area contributed by atoms with Gasteiger partial charge in [-0.2, -0.15) is 0 Å². The third kappa shape index (κ3) is 3.64. The summed E-state index contributed by atoms with van der Waals surface area (Å²) in [5.74, 6) is 2.57. The Labute approximate surface area is 111 Å². The summed E-state index contributed by atoms with van der Waals surface area (Å²) >= 11 is 0. The van der Waals surface area contributed by atoms with Crippen molar-refractivity contribution in [2.24, 2.45) is 0 Å². The molecule has 2 heterocycles. The van der Waals surface area contributed by atoms with Crippen LogP contribution in [0, 0.1) is 6.92 Å². The van der Waals surface area contributed by atoms with Gasteiger partial charge in [-0.25, -0.2) is 9.97 Å². The molecule has 19 heavy (non-hydrogen) atoms. The molecule has 0 unspecified atom stereocenters. The van der Waals surface area contributed by atoms with Crippen LogP contribution in [0.15, 0.2) is 16.8 Å². The highest BCUT2D eigenvalue weighted by Gasteiger charge is 2.13. The van der Waals surface area contributed by atoms with Gasteiger partial charge in [-0.05, 0) is 20.8 Å². The van der Waals surface area contributed by atoms with Crippen molar-refractivity contribution in [1.29, 1.82) is 0 Å². The van der Waals surface area contributed by atoms with E-state index in [1.54, 1.807) is 6.92 Å². The molecule has 102 valence electrons. The molecule has 0 saturated carbocycles. The molecule has 2 N–H and O–H groups in total. The fraction of sp³-hybridized carbons (Fsp3) is 0.500. The summed E-state index contributed by atoms with van der Waals surface area (Å²) in [6.45, 7) is 7.81. The fourth-order valence-corrected chi connectivity index (χ4v) is 1.58. The van der Waals surface area contributed by atoms with Gasteiger partial charge in [-0.15, -0.1) is 10.2 Å². The van der Waals surface area contributed by atoms with E-state index in [1.165, 1.54) is 6.33 Å². The molecule has 0 spiro atoms. The van der Waals surface area contributed by atoms with Crippen LogP contribution in [0.3, 0.4) is 0 Å². The maximum atomic E-state index is 5.37. The van der Waals surface area contributed by atoms with Crippen LogP contribution < -0.4 is 10.6 Å². The standard InChI is InChI=1S/C12H18N6O/c1-7(2)15-10-5-11(14-6-13-10)16-8(3)12-18-17-9(4)19-12/h5-8H,1-4H3,(H2,13,14,15,16)/t8-/m0/s1. The van der Waals surface area contributed by atoms with Crippen molar-refractivity contribution in [1.82, 2.24) is 20.2 Å². The molecule has 0 aliphatic rings. The summed E-state index contributed by atoms with van der Waals surface area (Å²) < 4.78 is 5.37. The van der Waals surface area contributed by atoms with Gasteiger partial charge in [-0.1, -0.05) is 0 Å². The Morgan fingerprint density at radius 3 is 2.32 bits per heavy atom. The highest BCUT2D eigenvalue weighted by molar-refractivity contribution is 5.47. The van der Waals surface area contributed by atoms with E-state index in [-0.39, 0.29) is 6.04 Å². The summed E-state index contributed by atoms with van der Waals surface area (Å²) in [6.07, 6.45) is 1.51. The minimum absolute atomic E-state index is 0.108. The van der Waals surface area contributed by atoms with Gasteiger partial charge in [0.2, 0.25) is 11.8 Å². The molecule has 0 fully saturated rings. The first-order chi connectivity index (χ1) is 9.04. The first-order valence-electron chi connectivity index (χ1n) is 6.19. The SMILES string of the molecule is Cc1nnc([C@H](C)Nc2cc(NC(C)C)ncn2)o1. The quantitative estimate of drug-likeness (QED) is 0.853. The lowest BCUT2D eigenvalue weighted by atomic mass is 10.3. The number of nitrogens with zero attached hydrogens (tertiary/aromatic N) is 4. The summed E-state index contributed by atoms with van der Waals surface area (Å²) in [7, 11) is 0. The van der Waals surface area contributed by atoms with Gasteiger partial charge >= 0.3 is 0 Å². The van der Waals surface area contributed by atoms with E-state index < -0.39 is 0 Å². The van der Waals surface area contributed by atoms with E-state index in [2.05, 4.69) is 44.6 Å². The number of hydrogen-bond acceptors (Lipinski definition) is 7. The Hall–Kier alpha value is -2.18. The molecule has 2 aromatic rings. The van der Waals surface area contributed by atoms with E-state index in [0.29, 0.717) is 23.6 Å². The van der Waals surface area contributed by atoms with Crippen molar-refractivity contribution in [3.05, 3.63) is 24.2 Å². The maximum Gasteiger partial charge on any atom is 0.238 e. The molecule has 0 saturated heterocycles. The third-order valence-corrected chi connectivity index (χ3v) is 2.38. The third-order valence-electron chi connectivity index (χ3n) is 2.38. The van der Waals surface area contributed by atoms with E-state index in [0.717, 1.165) is 5.82 Å². The van der Waals surface area contributed by atoms with Crippen molar-refractivity contribution in [2.45, 2.75) is 39.8 Å². The summed E-state index contributed by atoms with van der Waals surface area (Å²) in [5.41, 5.74) is 0. The van der Waals surface area contributed by atoms with Crippen LogP contribution in [-0.2, 0) is 0 Å². The minimum atomic E-state index is -0.108. The van der Waals surface area contributed by atoms with Crippen LogP contribution in [0.1, 0.15) is 38.6 Å². The number of anilines is 2. The van der Waals surface area contributed by atoms with Crippen molar-refractivity contribution in [3.63, 3.8) is 0 Å². The average molecular weight is 262 g/mol. The van der Waals surface area contributed by atoms with E-state index in [1.807, 2.05) is 13.0 Å². The first kappa shape index (κ1) is 13.3. The van der Waals surface area contributed by atoms with Crippen molar-refractivity contribution < 1.29 is 4.42 Å². The van der Waals surface area contributed by atoms with Crippen LogP contribution in [0.5, 0.6) is 0 Å². The lowest BCUT2D eigenvalue weighted by molar-refractivity contribution is 0.450. The van der Waals surface area contributed by atoms with E-state index >= 15 is 0 Å². The Balaban J connectivity index is 2.06. The second-order valence-corrected chi connectivity index (χ2v) is 4.61. The van der Waals surface area contributed by atoms with Crippen molar-refractivity contribution in [2.75, 3.05) is 10.6 Å². The molecule has 0 aromatic carbocycles. The van der Waals surface area contributed by atoms with Crippen molar-refractivity contribution >= 4 is 11.6 Å². The molecule has 7 heteroatoms. The fourth-order valence-electron chi connectivity index (χ4n) is 1.58. The lowest BCUT2D eigenvalue weighted by Gasteiger charge is -2.13. The molecule has 0 bridgehead atoms. The largest absolute Gasteiger partial charge is 0.423 e. The first-order valence-corrected chi connectivity index (χ1v) is 6.19.